The minimum atomic E-state index is 0.0835. The Morgan fingerprint density at radius 3 is 2.12 bits per heavy atom. The Balaban J connectivity index is 1.55. The number of para-hydroxylation sites is 2. The lowest BCUT2D eigenvalue weighted by atomic mass is 10.2. The van der Waals surface area contributed by atoms with Crippen molar-refractivity contribution < 1.29 is 14.3 Å². The molecule has 7 heteroatoms. The summed E-state index contributed by atoms with van der Waals surface area (Å²) in [6.45, 7) is 5.46. The largest absolute Gasteiger partial charge is 0.495 e. The first-order valence-corrected chi connectivity index (χ1v) is 8.34. The van der Waals surface area contributed by atoms with E-state index in [0.717, 1.165) is 30.9 Å². The standard InChI is InChI=1S/C17H24N4O3/c1-24-16-5-3-2-4-15(16)19-10-12-21(13-11-19)17(23)20-8-6-18(14-22)7-9-20/h2-5,14H,6-13H2,1H3. The highest BCUT2D eigenvalue weighted by Gasteiger charge is 2.28. The minimum absolute atomic E-state index is 0.0835. The van der Waals surface area contributed by atoms with Crippen LogP contribution in [0.1, 0.15) is 0 Å². The number of piperazine rings is 2. The van der Waals surface area contributed by atoms with E-state index in [2.05, 4.69) is 11.0 Å². The van der Waals surface area contributed by atoms with Crippen molar-refractivity contribution in [3.05, 3.63) is 24.3 Å². The summed E-state index contributed by atoms with van der Waals surface area (Å²) in [4.78, 5) is 31.1. The van der Waals surface area contributed by atoms with Gasteiger partial charge in [-0.25, -0.2) is 4.79 Å². The molecule has 3 amide bonds. The van der Waals surface area contributed by atoms with Crippen molar-refractivity contribution in [2.24, 2.45) is 0 Å². The van der Waals surface area contributed by atoms with Gasteiger partial charge in [0.15, 0.2) is 0 Å². The molecular formula is C17H24N4O3. The summed E-state index contributed by atoms with van der Waals surface area (Å²) in [7, 11) is 1.68. The highest BCUT2D eigenvalue weighted by Crippen LogP contribution is 2.28. The lowest BCUT2D eigenvalue weighted by Crippen LogP contribution is -2.56. The Kier molecular flexibility index (Phi) is 5.08. The molecule has 0 aliphatic carbocycles. The maximum atomic E-state index is 12.6. The van der Waals surface area contributed by atoms with Crippen LogP contribution in [-0.4, -0.2) is 86.6 Å². The Labute approximate surface area is 142 Å². The number of nitrogens with zero attached hydrogens (tertiary/aromatic N) is 4. The van der Waals surface area contributed by atoms with Gasteiger partial charge in [-0.2, -0.15) is 0 Å². The molecule has 0 spiro atoms. The molecule has 0 bridgehead atoms. The van der Waals surface area contributed by atoms with Crippen molar-refractivity contribution in [2.45, 2.75) is 0 Å². The molecule has 0 atom stereocenters. The van der Waals surface area contributed by atoms with Crippen LogP contribution in [0.15, 0.2) is 24.3 Å². The second-order valence-corrected chi connectivity index (χ2v) is 6.06. The maximum Gasteiger partial charge on any atom is 0.320 e. The smallest absolute Gasteiger partial charge is 0.320 e. The van der Waals surface area contributed by atoms with Crippen LogP contribution in [0.3, 0.4) is 0 Å². The average molecular weight is 332 g/mol. The van der Waals surface area contributed by atoms with Gasteiger partial charge >= 0.3 is 6.03 Å². The number of methoxy groups -OCH3 is 1. The first-order chi connectivity index (χ1) is 11.7. The summed E-state index contributed by atoms with van der Waals surface area (Å²) in [6, 6.07) is 8.05. The van der Waals surface area contributed by atoms with Crippen molar-refractivity contribution in [3.8, 4) is 5.75 Å². The van der Waals surface area contributed by atoms with Crippen molar-refractivity contribution in [1.82, 2.24) is 14.7 Å². The van der Waals surface area contributed by atoms with Gasteiger partial charge < -0.3 is 24.3 Å². The molecule has 0 N–H and O–H groups in total. The van der Waals surface area contributed by atoms with Crippen LogP contribution >= 0.6 is 0 Å². The Morgan fingerprint density at radius 1 is 0.958 bits per heavy atom. The predicted molar refractivity (Wildman–Crippen MR) is 91.4 cm³/mol. The van der Waals surface area contributed by atoms with Gasteiger partial charge in [0.1, 0.15) is 5.75 Å². The molecule has 0 radical (unpaired) electrons. The first-order valence-electron chi connectivity index (χ1n) is 8.34. The van der Waals surface area contributed by atoms with E-state index in [1.165, 1.54) is 0 Å². The van der Waals surface area contributed by atoms with Gasteiger partial charge in [0, 0.05) is 52.4 Å². The zero-order valence-electron chi connectivity index (χ0n) is 14.1. The number of amides is 3. The van der Waals surface area contributed by atoms with E-state index < -0.39 is 0 Å². The van der Waals surface area contributed by atoms with Gasteiger partial charge in [-0.1, -0.05) is 12.1 Å². The summed E-state index contributed by atoms with van der Waals surface area (Å²) >= 11 is 0. The summed E-state index contributed by atoms with van der Waals surface area (Å²) in [5.74, 6) is 0.863. The molecule has 0 unspecified atom stereocenters. The summed E-state index contributed by atoms with van der Waals surface area (Å²) in [5.41, 5.74) is 1.08. The second-order valence-electron chi connectivity index (χ2n) is 6.06. The van der Waals surface area contributed by atoms with Crippen LogP contribution in [0.4, 0.5) is 10.5 Å². The van der Waals surface area contributed by atoms with Crippen molar-refractivity contribution in [2.75, 3.05) is 64.4 Å². The van der Waals surface area contributed by atoms with Gasteiger partial charge in [0.05, 0.1) is 12.8 Å². The van der Waals surface area contributed by atoms with E-state index in [4.69, 9.17) is 4.74 Å². The van der Waals surface area contributed by atoms with Crippen molar-refractivity contribution in [1.29, 1.82) is 0 Å². The molecule has 7 nitrogen and oxygen atoms in total. The number of rotatable bonds is 3. The lowest BCUT2D eigenvalue weighted by molar-refractivity contribution is -0.119. The Morgan fingerprint density at radius 2 is 1.54 bits per heavy atom. The quantitative estimate of drug-likeness (QED) is 0.765. The van der Waals surface area contributed by atoms with E-state index in [9.17, 15) is 9.59 Å². The fourth-order valence-electron chi connectivity index (χ4n) is 3.25. The Bertz CT molecular complexity index is 579. The minimum Gasteiger partial charge on any atom is -0.495 e. The van der Waals surface area contributed by atoms with Crippen LogP contribution in [0.5, 0.6) is 5.75 Å². The highest BCUT2D eigenvalue weighted by atomic mass is 16.5. The van der Waals surface area contributed by atoms with Gasteiger partial charge in [-0.05, 0) is 12.1 Å². The number of urea groups is 1. The molecule has 24 heavy (non-hydrogen) atoms. The number of hydrogen-bond acceptors (Lipinski definition) is 4. The molecule has 2 heterocycles. The second kappa shape index (κ2) is 7.42. The SMILES string of the molecule is COc1ccccc1N1CCN(C(=O)N2CCN(C=O)CC2)CC1. The number of anilines is 1. The fourth-order valence-corrected chi connectivity index (χ4v) is 3.25. The third kappa shape index (κ3) is 3.39. The molecule has 3 rings (SSSR count). The van der Waals surface area contributed by atoms with Crippen LogP contribution in [0.2, 0.25) is 0 Å². The van der Waals surface area contributed by atoms with Crippen LogP contribution in [0.25, 0.3) is 0 Å². The molecule has 1 aromatic carbocycles. The van der Waals surface area contributed by atoms with Gasteiger partial charge in [-0.15, -0.1) is 0 Å². The molecule has 2 aliphatic heterocycles. The van der Waals surface area contributed by atoms with Gasteiger partial charge in [0.2, 0.25) is 6.41 Å². The zero-order valence-corrected chi connectivity index (χ0v) is 14.1. The van der Waals surface area contributed by atoms with Crippen LogP contribution in [-0.2, 0) is 4.79 Å². The van der Waals surface area contributed by atoms with Gasteiger partial charge in [-0.3, -0.25) is 4.79 Å². The van der Waals surface area contributed by atoms with Crippen molar-refractivity contribution in [3.63, 3.8) is 0 Å². The molecule has 2 saturated heterocycles. The van der Waals surface area contributed by atoms with E-state index in [0.29, 0.717) is 39.3 Å². The number of carbonyl (C=O) groups is 2. The van der Waals surface area contributed by atoms with E-state index in [1.54, 1.807) is 12.0 Å². The molecule has 130 valence electrons. The van der Waals surface area contributed by atoms with E-state index in [1.807, 2.05) is 28.0 Å². The number of hydrogen-bond donors (Lipinski definition) is 0. The lowest BCUT2D eigenvalue weighted by Gasteiger charge is -2.40. The third-order valence-electron chi connectivity index (χ3n) is 4.71. The van der Waals surface area contributed by atoms with Crippen LogP contribution < -0.4 is 9.64 Å². The topological polar surface area (TPSA) is 56.3 Å². The van der Waals surface area contributed by atoms with Gasteiger partial charge in [0.25, 0.3) is 0 Å². The fraction of sp³-hybridized carbons (Fsp3) is 0.529. The molecular weight excluding hydrogens is 308 g/mol. The average Bonchev–Trinajstić information content (AvgIpc) is 2.67. The monoisotopic (exact) mass is 332 g/mol. The zero-order chi connectivity index (χ0) is 16.9. The molecule has 0 aromatic heterocycles. The van der Waals surface area contributed by atoms with Crippen LogP contribution in [0, 0.1) is 0 Å². The summed E-state index contributed by atoms with van der Waals surface area (Å²) in [6.07, 6.45) is 0.855. The number of ether oxygens (including phenoxy) is 1. The van der Waals surface area contributed by atoms with E-state index in [-0.39, 0.29) is 6.03 Å². The number of benzene rings is 1. The summed E-state index contributed by atoms with van der Waals surface area (Å²) in [5, 5.41) is 0. The third-order valence-corrected chi connectivity index (χ3v) is 4.71. The highest BCUT2D eigenvalue weighted by molar-refractivity contribution is 5.75. The van der Waals surface area contributed by atoms with E-state index >= 15 is 0 Å². The molecule has 2 aliphatic rings. The molecule has 0 saturated carbocycles. The van der Waals surface area contributed by atoms with Crippen molar-refractivity contribution >= 4 is 18.1 Å². The maximum absolute atomic E-state index is 12.6. The normalized spacial score (nSPS) is 18.5. The predicted octanol–water partition coefficient (Wildman–Crippen LogP) is 0.711. The number of carbonyl (C=O) groups excluding carboxylic acids is 2. The Hall–Kier alpha value is -2.44. The first kappa shape index (κ1) is 16.4. The molecule has 1 aromatic rings. The molecule has 2 fully saturated rings. The summed E-state index contributed by atoms with van der Waals surface area (Å²) < 4.78 is 5.43.